The minimum atomic E-state index is -0.418. The van der Waals surface area contributed by atoms with Crippen molar-refractivity contribution in [2.75, 3.05) is 13.2 Å². The number of carbonyl (C=O) groups excluding carboxylic acids is 1. The normalized spacial score (nSPS) is 13.0. The first-order valence-corrected chi connectivity index (χ1v) is 4.72. The van der Waals surface area contributed by atoms with E-state index in [-0.39, 0.29) is 12.5 Å². The summed E-state index contributed by atoms with van der Waals surface area (Å²) in [6.07, 6.45) is 1.28. The smallest absolute Gasteiger partial charge is 0.236 e. The van der Waals surface area contributed by atoms with Crippen LogP contribution in [0.3, 0.4) is 0 Å². The molecule has 4 heteroatoms. The molecule has 4 N–H and O–H groups in total. The summed E-state index contributed by atoms with van der Waals surface area (Å²) < 4.78 is 0. The van der Waals surface area contributed by atoms with Crippen LogP contribution in [0.15, 0.2) is 0 Å². The minimum absolute atomic E-state index is 0.0969. The first-order valence-electron chi connectivity index (χ1n) is 4.72. The Morgan fingerprint density at radius 3 is 2.62 bits per heavy atom. The molecule has 1 atom stereocenters. The van der Waals surface area contributed by atoms with Gasteiger partial charge < -0.3 is 16.2 Å². The molecule has 0 bridgehead atoms. The highest BCUT2D eigenvalue weighted by atomic mass is 16.3. The molecule has 1 amide bonds. The van der Waals surface area contributed by atoms with Gasteiger partial charge in [0.1, 0.15) is 0 Å². The molecule has 0 aliphatic carbocycles. The van der Waals surface area contributed by atoms with Crippen molar-refractivity contribution in [3.8, 4) is 0 Å². The third-order valence-electron chi connectivity index (χ3n) is 1.70. The van der Waals surface area contributed by atoms with Crippen LogP contribution in [0.4, 0.5) is 0 Å². The molecule has 0 saturated carbocycles. The lowest BCUT2D eigenvalue weighted by Crippen LogP contribution is -2.41. The van der Waals surface area contributed by atoms with Crippen LogP contribution in [-0.4, -0.2) is 30.2 Å². The molecule has 0 aromatic heterocycles. The standard InChI is InChI=1S/C9H20N2O2/c1-7(2)6-8(10)9(13)11-4-3-5-12/h7-8,12H,3-6,10H2,1-2H3,(H,11,13). The van der Waals surface area contributed by atoms with E-state index in [1.54, 1.807) is 0 Å². The second kappa shape index (κ2) is 6.86. The largest absolute Gasteiger partial charge is 0.396 e. The lowest BCUT2D eigenvalue weighted by molar-refractivity contribution is -0.122. The van der Waals surface area contributed by atoms with Gasteiger partial charge in [-0.25, -0.2) is 0 Å². The van der Waals surface area contributed by atoms with Crippen LogP contribution < -0.4 is 11.1 Å². The van der Waals surface area contributed by atoms with Crippen LogP contribution in [0, 0.1) is 5.92 Å². The SMILES string of the molecule is CC(C)CC(N)C(=O)NCCCO. The number of hydrogen-bond donors (Lipinski definition) is 3. The second-order valence-corrected chi connectivity index (χ2v) is 3.60. The number of amides is 1. The molecule has 0 rings (SSSR count). The Morgan fingerprint density at radius 1 is 1.54 bits per heavy atom. The lowest BCUT2D eigenvalue weighted by atomic mass is 10.0. The number of rotatable bonds is 6. The van der Waals surface area contributed by atoms with Crippen molar-refractivity contribution >= 4 is 5.91 Å². The fraction of sp³-hybridized carbons (Fsp3) is 0.889. The van der Waals surface area contributed by atoms with Gasteiger partial charge in [0, 0.05) is 13.2 Å². The van der Waals surface area contributed by atoms with E-state index in [4.69, 9.17) is 10.8 Å². The van der Waals surface area contributed by atoms with Gasteiger partial charge in [0.05, 0.1) is 6.04 Å². The zero-order chi connectivity index (χ0) is 10.3. The maximum Gasteiger partial charge on any atom is 0.236 e. The van der Waals surface area contributed by atoms with Crippen molar-refractivity contribution < 1.29 is 9.90 Å². The molecule has 0 aliphatic rings. The number of aliphatic hydroxyl groups is 1. The Hall–Kier alpha value is -0.610. The highest BCUT2D eigenvalue weighted by Gasteiger charge is 2.13. The maximum atomic E-state index is 11.2. The third-order valence-corrected chi connectivity index (χ3v) is 1.70. The van der Waals surface area contributed by atoms with E-state index in [2.05, 4.69) is 5.32 Å². The highest BCUT2D eigenvalue weighted by molar-refractivity contribution is 5.81. The quantitative estimate of drug-likeness (QED) is 0.508. The van der Waals surface area contributed by atoms with Gasteiger partial charge in [-0.2, -0.15) is 0 Å². The van der Waals surface area contributed by atoms with Crippen LogP contribution in [-0.2, 0) is 4.79 Å². The molecule has 0 aromatic rings. The van der Waals surface area contributed by atoms with Gasteiger partial charge in [0.15, 0.2) is 0 Å². The van der Waals surface area contributed by atoms with Gasteiger partial charge in [0.2, 0.25) is 5.91 Å². The summed E-state index contributed by atoms with van der Waals surface area (Å²) in [5, 5.41) is 11.1. The van der Waals surface area contributed by atoms with Gasteiger partial charge in [0.25, 0.3) is 0 Å². The van der Waals surface area contributed by atoms with E-state index >= 15 is 0 Å². The average Bonchev–Trinajstić information content (AvgIpc) is 2.03. The zero-order valence-corrected chi connectivity index (χ0v) is 8.42. The second-order valence-electron chi connectivity index (χ2n) is 3.60. The van der Waals surface area contributed by atoms with Gasteiger partial charge in [-0.3, -0.25) is 4.79 Å². The van der Waals surface area contributed by atoms with E-state index in [0.29, 0.717) is 25.3 Å². The first kappa shape index (κ1) is 12.4. The van der Waals surface area contributed by atoms with Crippen molar-refractivity contribution in [2.45, 2.75) is 32.7 Å². The molecular formula is C9H20N2O2. The van der Waals surface area contributed by atoms with Gasteiger partial charge in [-0.05, 0) is 18.8 Å². The number of aliphatic hydroxyl groups excluding tert-OH is 1. The van der Waals surface area contributed by atoms with E-state index in [9.17, 15) is 4.79 Å². The highest BCUT2D eigenvalue weighted by Crippen LogP contribution is 2.02. The topological polar surface area (TPSA) is 75.4 Å². The zero-order valence-electron chi connectivity index (χ0n) is 8.42. The summed E-state index contributed by atoms with van der Waals surface area (Å²) in [5.74, 6) is 0.306. The Kier molecular flexibility index (Phi) is 6.54. The van der Waals surface area contributed by atoms with E-state index in [0.717, 1.165) is 0 Å². The third kappa shape index (κ3) is 6.54. The number of hydrogen-bond acceptors (Lipinski definition) is 3. The van der Waals surface area contributed by atoms with Gasteiger partial charge in [-0.1, -0.05) is 13.8 Å². The molecule has 1 unspecified atom stereocenters. The van der Waals surface area contributed by atoms with Crippen LogP contribution >= 0.6 is 0 Å². The monoisotopic (exact) mass is 188 g/mol. The molecule has 13 heavy (non-hydrogen) atoms. The van der Waals surface area contributed by atoms with Crippen molar-refractivity contribution in [3.63, 3.8) is 0 Å². The van der Waals surface area contributed by atoms with Crippen molar-refractivity contribution in [3.05, 3.63) is 0 Å². The molecular weight excluding hydrogens is 168 g/mol. The fourth-order valence-electron chi connectivity index (χ4n) is 1.04. The maximum absolute atomic E-state index is 11.2. The van der Waals surface area contributed by atoms with Crippen LogP contribution in [0.25, 0.3) is 0 Å². The van der Waals surface area contributed by atoms with Crippen molar-refractivity contribution in [1.29, 1.82) is 0 Å². The molecule has 78 valence electrons. The summed E-state index contributed by atoms with van der Waals surface area (Å²) in [6.45, 7) is 4.66. The molecule has 4 nitrogen and oxygen atoms in total. The van der Waals surface area contributed by atoms with Crippen LogP contribution in [0.2, 0.25) is 0 Å². The summed E-state index contributed by atoms with van der Waals surface area (Å²) in [5.41, 5.74) is 5.63. The predicted octanol–water partition coefficient (Wildman–Crippen LogP) is -0.142. The summed E-state index contributed by atoms with van der Waals surface area (Å²) in [4.78, 5) is 11.2. The molecule has 0 aliphatic heterocycles. The molecule has 0 heterocycles. The Labute approximate surface area is 79.5 Å². The molecule has 0 spiro atoms. The minimum Gasteiger partial charge on any atom is -0.396 e. The first-order chi connectivity index (χ1) is 6.07. The van der Waals surface area contributed by atoms with Crippen molar-refractivity contribution in [2.24, 2.45) is 11.7 Å². The molecule has 0 radical (unpaired) electrons. The van der Waals surface area contributed by atoms with E-state index in [1.807, 2.05) is 13.8 Å². The lowest BCUT2D eigenvalue weighted by Gasteiger charge is -2.13. The molecule has 0 aromatic carbocycles. The van der Waals surface area contributed by atoms with Gasteiger partial charge >= 0.3 is 0 Å². The van der Waals surface area contributed by atoms with Crippen LogP contribution in [0.1, 0.15) is 26.7 Å². The van der Waals surface area contributed by atoms with Crippen LogP contribution in [0.5, 0.6) is 0 Å². The Morgan fingerprint density at radius 2 is 2.15 bits per heavy atom. The molecule has 0 saturated heterocycles. The average molecular weight is 188 g/mol. The predicted molar refractivity (Wildman–Crippen MR) is 52.1 cm³/mol. The summed E-state index contributed by atoms with van der Waals surface area (Å²) in [6, 6.07) is -0.418. The van der Waals surface area contributed by atoms with E-state index in [1.165, 1.54) is 0 Å². The number of carbonyl (C=O) groups is 1. The van der Waals surface area contributed by atoms with E-state index < -0.39 is 6.04 Å². The van der Waals surface area contributed by atoms with Gasteiger partial charge in [-0.15, -0.1) is 0 Å². The number of nitrogens with one attached hydrogen (secondary N) is 1. The summed E-state index contributed by atoms with van der Waals surface area (Å²) in [7, 11) is 0. The summed E-state index contributed by atoms with van der Waals surface area (Å²) >= 11 is 0. The molecule has 0 fully saturated rings. The fourth-order valence-corrected chi connectivity index (χ4v) is 1.04. The Balaban J connectivity index is 3.57. The van der Waals surface area contributed by atoms with Crippen molar-refractivity contribution in [1.82, 2.24) is 5.32 Å². The Bertz CT molecular complexity index is 149. The number of nitrogens with two attached hydrogens (primary N) is 1.